The second-order valence-electron chi connectivity index (χ2n) is 11.7. The first-order chi connectivity index (χ1) is 17.1. The van der Waals surface area contributed by atoms with Gasteiger partial charge >= 0.3 is 0 Å². The Labute approximate surface area is 221 Å². The van der Waals surface area contributed by atoms with Crippen LogP contribution in [0.5, 0.6) is 0 Å². The van der Waals surface area contributed by atoms with Gasteiger partial charge < -0.3 is 13.9 Å². The van der Waals surface area contributed by atoms with Gasteiger partial charge in [-0.3, -0.25) is 0 Å². The largest absolute Gasteiger partial charge is 0.402 e. The summed E-state index contributed by atoms with van der Waals surface area (Å²) < 4.78 is 20.6. The lowest BCUT2D eigenvalue weighted by Crippen LogP contribution is -2.68. The zero-order valence-electron chi connectivity index (χ0n) is 21.9. The monoisotopic (exact) mass is 520 g/mol. The van der Waals surface area contributed by atoms with Crippen LogP contribution in [0.25, 0.3) is 0 Å². The Bertz CT molecular complexity index is 1120. The Morgan fingerprint density at radius 2 is 1.36 bits per heavy atom. The normalized spacial score (nSPS) is 25.6. The fraction of sp³-hybridized carbons (Fsp3) is 0.419. The van der Waals surface area contributed by atoms with Crippen LogP contribution in [0.3, 0.4) is 0 Å². The smallest absolute Gasteiger partial charge is 0.261 e. The molecule has 1 saturated carbocycles. The molecular weight excluding hydrogens is 484 g/mol. The summed E-state index contributed by atoms with van der Waals surface area (Å²) in [6, 6.07) is 29.9. The number of fused-ring (bicyclic) bond motifs is 1. The first-order valence-electron chi connectivity index (χ1n) is 13.0. The van der Waals surface area contributed by atoms with Gasteiger partial charge in [-0.05, 0) is 65.7 Å². The molecule has 1 aliphatic carbocycles. The van der Waals surface area contributed by atoms with E-state index in [-0.39, 0.29) is 23.4 Å². The van der Waals surface area contributed by atoms with Crippen LogP contribution < -0.4 is 10.4 Å². The molecule has 0 amide bonds. The minimum atomic E-state index is -2.70. The quantitative estimate of drug-likeness (QED) is 0.353. The summed E-state index contributed by atoms with van der Waals surface area (Å²) in [5, 5.41) is 3.26. The zero-order chi connectivity index (χ0) is 25.6. The van der Waals surface area contributed by atoms with Gasteiger partial charge in [-0.15, -0.1) is 0 Å². The van der Waals surface area contributed by atoms with Gasteiger partial charge in [-0.1, -0.05) is 105 Å². The van der Waals surface area contributed by atoms with E-state index >= 15 is 0 Å². The highest BCUT2D eigenvalue weighted by Gasteiger charge is 2.59. The van der Waals surface area contributed by atoms with Crippen molar-refractivity contribution in [1.29, 1.82) is 0 Å². The Balaban J connectivity index is 1.55. The van der Waals surface area contributed by atoms with Crippen molar-refractivity contribution in [3.8, 4) is 0 Å². The molecule has 5 rings (SSSR count). The van der Waals surface area contributed by atoms with E-state index < -0.39 is 14.1 Å². The third-order valence-corrected chi connectivity index (χ3v) is 13.0. The molecule has 36 heavy (non-hydrogen) atoms. The summed E-state index contributed by atoms with van der Waals surface area (Å²) in [5.41, 5.74) is 1.27. The van der Waals surface area contributed by atoms with Crippen LogP contribution in [0.1, 0.15) is 46.6 Å². The second-order valence-corrected chi connectivity index (χ2v) is 16.4. The van der Waals surface area contributed by atoms with Crippen molar-refractivity contribution in [3.63, 3.8) is 0 Å². The molecule has 2 fully saturated rings. The van der Waals surface area contributed by atoms with Gasteiger partial charge in [0.1, 0.15) is 6.10 Å². The van der Waals surface area contributed by atoms with Crippen LogP contribution in [0.4, 0.5) is 0 Å². The Morgan fingerprint density at radius 1 is 0.833 bits per heavy atom. The van der Waals surface area contributed by atoms with E-state index in [1.807, 2.05) is 26.0 Å². The molecule has 4 atom stereocenters. The number of rotatable bonds is 6. The minimum absolute atomic E-state index is 0.00102. The topological polar surface area (TPSA) is 27.7 Å². The molecule has 0 spiro atoms. The fourth-order valence-corrected chi connectivity index (χ4v) is 11.0. The van der Waals surface area contributed by atoms with Gasteiger partial charge in [0.2, 0.25) is 0 Å². The number of hydrogen-bond donors (Lipinski definition) is 0. The maximum atomic E-state index is 7.54. The van der Waals surface area contributed by atoms with Crippen LogP contribution in [0.15, 0.2) is 84.9 Å². The predicted octanol–water partition coefficient (Wildman–Crippen LogP) is 6.37. The molecule has 1 aliphatic heterocycles. The fourth-order valence-electron chi connectivity index (χ4n) is 6.19. The van der Waals surface area contributed by atoms with Gasteiger partial charge in [-0.2, -0.15) is 0 Å². The number of benzene rings is 3. The first kappa shape index (κ1) is 25.7. The minimum Gasteiger partial charge on any atom is -0.402 e. The Morgan fingerprint density at radius 3 is 1.89 bits per heavy atom. The third-order valence-electron chi connectivity index (χ3n) is 7.69. The summed E-state index contributed by atoms with van der Waals surface area (Å²) in [4.78, 5) is 0. The van der Waals surface area contributed by atoms with E-state index in [1.165, 1.54) is 15.9 Å². The van der Waals surface area contributed by atoms with E-state index in [1.54, 1.807) is 0 Å². The molecule has 0 aromatic heterocycles. The highest BCUT2D eigenvalue weighted by molar-refractivity contribution is 6.99. The molecule has 0 unspecified atom stereocenters. The summed E-state index contributed by atoms with van der Waals surface area (Å²) >= 11 is 6.15. The lowest BCUT2D eigenvalue weighted by Gasteiger charge is -2.45. The molecule has 1 heterocycles. The van der Waals surface area contributed by atoms with Crippen molar-refractivity contribution in [1.82, 2.24) is 0 Å². The van der Waals surface area contributed by atoms with Gasteiger partial charge in [0.05, 0.1) is 12.2 Å². The van der Waals surface area contributed by atoms with Crippen molar-refractivity contribution in [2.75, 3.05) is 0 Å². The van der Waals surface area contributed by atoms with Crippen molar-refractivity contribution >= 4 is 30.3 Å². The van der Waals surface area contributed by atoms with Gasteiger partial charge in [0.25, 0.3) is 8.32 Å². The van der Waals surface area contributed by atoms with Crippen molar-refractivity contribution in [2.24, 2.45) is 5.92 Å². The number of ether oxygens (including phenoxy) is 2. The Kier molecular flexibility index (Phi) is 6.95. The number of halogens is 1. The first-order valence-corrected chi connectivity index (χ1v) is 15.3. The molecule has 2 aliphatic rings. The average molecular weight is 521 g/mol. The van der Waals surface area contributed by atoms with Crippen LogP contribution >= 0.6 is 11.6 Å². The third kappa shape index (κ3) is 4.82. The van der Waals surface area contributed by atoms with Crippen LogP contribution in [0, 0.1) is 5.92 Å². The molecule has 0 bridgehead atoms. The molecular formula is C31H37ClO3Si. The average Bonchev–Trinajstić information content (AvgIpc) is 3.32. The Hall–Kier alpha value is -1.95. The van der Waals surface area contributed by atoms with Gasteiger partial charge in [-0.25, -0.2) is 0 Å². The SMILES string of the molecule is CC1(C)O[C@@H]2[C@@H](Cc3ccc(Cl)cc3)C[C@H](O[Si](c3ccccc3)(c3ccccc3)C(C)(C)C)[C@@H]2O1. The molecule has 1 saturated heterocycles. The van der Waals surface area contributed by atoms with Gasteiger partial charge in [0, 0.05) is 5.02 Å². The van der Waals surface area contributed by atoms with E-state index in [0.717, 1.165) is 17.9 Å². The van der Waals surface area contributed by atoms with E-state index in [0.29, 0.717) is 5.92 Å². The standard InChI is InChI=1S/C31H37ClO3Si/c1-30(2,3)36(25-12-8-6-9-13-25,26-14-10-7-11-15-26)35-27-21-23(20-22-16-18-24(32)19-17-22)28-29(27)34-31(4,5)33-28/h6-19,23,27-29H,20-21H2,1-5H3/t23-,27-,28+,29-/m0/s1. The van der Waals surface area contributed by atoms with Crippen LogP contribution in [-0.2, 0) is 20.3 Å². The second kappa shape index (κ2) is 9.73. The van der Waals surface area contributed by atoms with Crippen LogP contribution in [-0.4, -0.2) is 32.4 Å². The number of hydrogen-bond acceptors (Lipinski definition) is 3. The highest BCUT2D eigenvalue weighted by atomic mass is 35.5. The summed E-state index contributed by atoms with van der Waals surface area (Å²) in [7, 11) is -2.70. The maximum absolute atomic E-state index is 7.54. The van der Waals surface area contributed by atoms with Crippen molar-refractivity contribution < 1.29 is 13.9 Å². The summed E-state index contributed by atoms with van der Waals surface area (Å²) in [5.74, 6) is -0.317. The zero-order valence-corrected chi connectivity index (χ0v) is 23.7. The molecule has 0 radical (unpaired) electrons. The molecule has 3 aromatic carbocycles. The predicted molar refractivity (Wildman–Crippen MR) is 150 cm³/mol. The molecule has 0 N–H and O–H groups in total. The van der Waals surface area contributed by atoms with E-state index in [4.69, 9.17) is 25.5 Å². The molecule has 3 nitrogen and oxygen atoms in total. The summed E-state index contributed by atoms with van der Waals surface area (Å²) in [6.45, 7) is 11.0. The highest BCUT2D eigenvalue weighted by Crippen LogP contribution is 2.47. The molecule has 190 valence electrons. The molecule has 5 heteroatoms. The van der Waals surface area contributed by atoms with E-state index in [2.05, 4.69) is 93.6 Å². The lowest BCUT2D eigenvalue weighted by atomic mass is 9.96. The lowest BCUT2D eigenvalue weighted by molar-refractivity contribution is -0.165. The van der Waals surface area contributed by atoms with Gasteiger partial charge in [0.15, 0.2) is 5.79 Å². The van der Waals surface area contributed by atoms with Crippen LogP contribution in [0.2, 0.25) is 10.1 Å². The van der Waals surface area contributed by atoms with Crippen molar-refractivity contribution in [3.05, 3.63) is 95.5 Å². The van der Waals surface area contributed by atoms with E-state index in [9.17, 15) is 0 Å². The summed E-state index contributed by atoms with van der Waals surface area (Å²) in [6.07, 6.45) is 1.66. The molecule has 3 aromatic rings. The van der Waals surface area contributed by atoms with Crippen molar-refractivity contribution in [2.45, 2.75) is 76.6 Å². The maximum Gasteiger partial charge on any atom is 0.261 e.